The standard InChI is InChI=1S/C22H28FN3O2/c23-16-7-5-14(6-8-16)18-11-15-12-25(13-19(15)18)9-10-26-21(27)17-3-1-2-4-20(17)24-22(26)28/h5-8,15,17-20H,1-4,9-13H2,(H,24,28)/t15-,17?,18-,19+,20?/m1/s1. The second kappa shape index (κ2) is 7.14. The zero-order chi connectivity index (χ0) is 19.3. The molecule has 0 radical (unpaired) electrons. The van der Waals surface area contributed by atoms with Crippen molar-refractivity contribution in [3.8, 4) is 0 Å². The Hall–Kier alpha value is -1.95. The van der Waals surface area contributed by atoms with Gasteiger partial charge in [-0.3, -0.25) is 9.69 Å². The summed E-state index contributed by atoms with van der Waals surface area (Å²) in [6.07, 6.45) is 5.15. The molecular formula is C22H28FN3O2. The van der Waals surface area contributed by atoms with Crippen molar-refractivity contribution >= 4 is 11.9 Å². The van der Waals surface area contributed by atoms with Crippen molar-refractivity contribution in [1.82, 2.24) is 15.1 Å². The average molecular weight is 385 g/mol. The van der Waals surface area contributed by atoms with Gasteiger partial charge in [0.05, 0.1) is 5.92 Å². The molecule has 28 heavy (non-hydrogen) atoms. The van der Waals surface area contributed by atoms with E-state index in [1.165, 1.54) is 10.5 Å². The number of halogens is 1. The molecule has 2 aliphatic heterocycles. The SMILES string of the molecule is O=C1NC2CCCCC2C(=O)N1CCN1C[C@H]2C[C@H](c3ccc(F)cc3)[C@H]2C1. The highest BCUT2D eigenvalue weighted by Crippen LogP contribution is 2.51. The number of urea groups is 1. The number of fused-ring (bicyclic) bond motifs is 2. The minimum atomic E-state index is -0.209. The summed E-state index contributed by atoms with van der Waals surface area (Å²) in [4.78, 5) is 29.1. The van der Waals surface area contributed by atoms with Gasteiger partial charge in [-0.1, -0.05) is 25.0 Å². The molecule has 5 rings (SSSR count). The fraction of sp³-hybridized carbons (Fsp3) is 0.636. The summed E-state index contributed by atoms with van der Waals surface area (Å²) in [5, 5.41) is 3.05. The molecule has 2 unspecified atom stereocenters. The van der Waals surface area contributed by atoms with Crippen LogP contribution >= 0.6 is 0 Å². The number of rotatable bonds is 4. The quantitative estimate of drug-likeness (QED) is 0.867. The Morgan fingerprint density at radius 2 is 1.79 bits per heavy atom. The fourth-order valence-corrected chi connectivity index (χ4v) is 5.86. The third-order valence-electron chi connectivity index (χ3n) is 7.48. The largest absolute Gasteiger partial charge is 0.334 e. The first-order valence-corrected chi connectivity index (χ1v) is 10.7. The lowest BCUT2D eigenvalue weighted by atomic mass is 9.64. The first kappa shape index (κ1) is 18.1. The molecule has 1 aromatic carbocycles. The minimum absolute atomic E-state index is 0.0240. The molecule has 4 aliphatic rings. The molecule has 3 amide bonds. The zero-order valence-corrected chi connectivity index (χ0v) is 16.1. The van der Waals surface area contributed by atoms with Crippen LogP contribution in [0.3, 0.4) is 0 Å². The predicted octanol–water partition coefficient (Wildman–Crippen LogP) is 2.97. The Morgan fingerprint density at radius 3 is 2.61 bits per heavy atom. The molecule has 0 bridgehead atoms. The molecule has 1 N–H and O–H groups in total. The first-order valence-electron chi connectivity index (χ1n) is 10.7. The van der Waals surface area contributed by atoms with E-state index in [1.807, 2.05) is 12.1 Å². The summed E-state index contributed by atoms with van der Waals surface area (Å²) in [6.45, 7) is 3.27. The van der Waals surface area contributed by atoms with Crippen molar-refractivity contribution in [2.45, 2.75) is 44.1 Å². The Bertz CT molecular complexity index is 768. The van der Waals surface area contributed by atoms with Crippen LogP contribution in [-0.2, 0) is 4.79 Å². The van der Waals surface area contributed by atoms with Crippen LogP contribution in [0.5, 0.6) is 0 Å². The van der Waals surface area contributed by atoms with Gasteiger partial charge in [0, 0.05) is 32.2 Å². The number of likely N-dealkylation sites (tertiary alicyclic amines) is 1. The van der Waals surface area contributed by atoms with Crippen LogP contribution in [0.25, 0.3) is 0 Å². The number of nitrogens with one attached hydrogen (secondary N) is 1. The number of carbonyl (C=O) groups excluding carboxylic acids is 2. The molecule has 0 aromatic heterocycles. The Kier molecular flexibility index (Phi) is 4.62. The van der Waals surface area contributed by atoms with Crippen molar-refractivity contribution in [2.75, 3.05) is 26.2 Å². The topological polar surface area (TPSA) is 52.7 Å². The van der Waals surface area contributed by atoms with Crippen LogP contribution in [-0.4, -0.2) is 54.0 Å². The summed E-state index contributed by atoms with van der Waals surface area (Å²) in [6, 6.07) is 6.76. The third kappa shape index (κ3) is 3.11. The Labute approximate surface area is 165 Å². The fourth-order valence-electron chi connectivity index (χ4n) is 5.86. The summed E-state index contributed by atoms with van der Waals surface area (Å²) < 4.78 is 13.2. The second-order valence-corrected chi connectivity index (χ2v) is 9.01. The lowest BCUT2D eigenvalue weighted by molar-refractivity contribution is -0.136. The van der Waals surface area contributed by atoms with E-state index in [9.17, 15) is 14.0 Å². The maximum absolute atomic E-state index is 13.2. The second-order valence-electron chi connectivity index (χ2n) is 9.01. The maximum Gasteiger partial charge on any atom is 0.324 e. The van der Waals surface area contributed by atoms with Gasteiger partial charge in [-0.05, 0) is 54.7 Å². The molecule has 1 aromatic rings. The number of hydrogen-bond acceptors (Lipinski definition) is 3. The molecule has 2 aliphatic carbocycles. The van der Waals surface area contributed by atoms with Gasteiger partial charge in [-0.15, -0.1) is 0 Å². The maximum atomic E-state index is 13.2. The van der Waals surface area contributed by atoms with Crippen LogP contribution < -0.4 is 5.32 Å². The van der Waals surface area contributed by atoms with E-state index >= 15 is 0 Å². The van der Waals surface area contributed by atoms with E-state index in [0.29, 0.717) is 24.3 Å². The van der Waals surface area contributed by atoms with Gasteiger partial charge in [-0.25, -0.2) is 9.18 Å². The molecule has 5 atom stereocenters. The molecule has 150 valence electrons. The summed E-state index contributed by atoms with van der Waals surface area (Å²) in [5.74, 6) is 1.63. The van der Waals surface area contributed by atoms with E-state index < -0.39 is 0 Å². The van der Waals surface area contributed by atoms with E-state index in [0.717, 1.165) is 51.7 Å². The van der Waals surface area contributed by atoms with Crippen molar-refractivity contribution in [2.24, 2.45) is 17.8 Å². The Balaban J connectivity index is 1.16. The third-order valence-corrected chi connectivity index (χ3v) is 7.48. The first-order chi connectivity index (χ1) is 13.6. The van der Waals surface area contributed by atoms with E-state index in [2.05, 4.69) is 10.2 Å². The van der Waals surface area contributed by atoms with Gasteiger partial charge in [-0.2, -0.15) is 0 Å². The highest BCUT2D eigenvalue weighted by atomic mass is 19.1. The van der Waals surface area contributed by atoms with Crippen LogP contribution in [0.2, 0.25) is 0 Å². The zero-order valence-electron chi connectivity index (χ0n) is 16.1. The lowest BCUT2D eigenvalue weighted by Crippen LogP contribution is -2.61. The highest BCUT2D eigenvalue weighted by Gasteiger charge is 2.48. The number of nitrogens with zero attached hydrogens (tertiary/aromatic N) is 2. The van der Waals surface area contributed by atoms with Gasteiger partial charge in [0.15, 0.2) is 0 Å². The number of benzene rings is 1. The number of amides is 3. The summed E-state index contributed by atoms with van der Waals surface area (Å²) in [5.41, 5.74) is 1.23. The molecule has 2 heterocycles. The normalized spacial score (nSPS) is 35.2. The van der Waals surface area contributed by atoms with Crippen LogP contribution in [0.4, 0.5) is 9.18 Å². The van der Waals surface area contributed by atoms with E-state index in [4.69, 9.17) is 0 Å². The van der Waals surface area contributed by atoms with Crippen LogP contribution in [0.1, 0.15) is 43.6 Å². The number of carbonyl (C=O) groups is 2. The molecule has 2 saturated heterocycles. The minimum Gasteiger partial charge on any atom is -0.334 e. The summed E-state index contributed by atoms with van der Waals surface area (Å²) >= 11 is 0. The smallest absolute Gasteiger partial charge is 0.324 e. The number of hydrogen-bond donors (Lipinski definition) is 1. The van der Waals surface area contributed by atoms with E-state index in [1.54, 1.807) is 12.1 Å². The van der Waals surface area contributed by atoms with Crippen molar-refractivity contribution in [3.05, 3.63) is 35.6 Å². The van der Waals surface area contributed by atoms with Crippen LogP contribution in [0, 0.1) is 23.6 Å². The number of imide groups is 1. The van der Waals surface area contributed by atoms with Gasteiger partial charge in [0.2, 0.25) is 5.91 Å². The monoisotopic (exact) mass is 385 g/mol. The predicted molar refractivity (Wildman–Crippen MR) is 103 cm³/mol. The van der Waals surface area contributed by atoms with Gasteiger partial charge < -0.3 is 10.2 Å². The van der Waals surface area contributed by atoms with Crippen molar-refractivity contribution in [1.29, 1.82) is 0 Å². The molecule has 6 heteroatoms. The molecule has 0 spiro atoms. The average Bonchev–Trinajstić information content (AvgIpc) is 2.99. The molecular weight excluding hydrogens is 357 g/mol. The van der Waals surface area contributed by atoms with Gasteiger partial charge in [0.25, 0.3) is 0 Å². The Morgan fingerprint density at radius 1 is 1.00 bits per heavy atom. The highest BCUT2D eigenvalue weighted by molar-refractivity contribution is 5.98. The van der Waals surface area contributed by atoms with E-state index in [-0.39, 0.29) is 29.7 Å². The van der Waals surface area contributed by atoms with Gasteiger partial charge >= 0.3 is 6.03 Å². The molecule has 4 fully saturated rings. The molecule has 5 nitrogen and oxygen atoms in total. The summed E-state index contributed by atoms with van der Waals surface area (Å²) in [7, 11) is 0. The van der Waals surface area contributed by atoms with Gasteiger partial charge in [0.1, 0.15) is 5.82 Å². The van der Waals surface area contributed by atoms with Crippen molar-refractivity contribution < 1.29 is 14.0 Å². The van der Waals surface area contributed by atoms with Crippen molar-refractivity contribution in [3.63, 3.8) is 0 Å². The molecule has 2 saturated carbocycles. The van der Waals surface area contributed by atoms with Crippen LogP contribution in [0.15, 0.2) is 24.3 Å². The lowest BCUT2D eigenvalue weighted by Gasteiger charge is -2.40.